The number of benzene rings is 1. The minimum Gasteiger partial charge on any atom is -0.334 e. The first kappa shape index (κ1) is 15.4. The maximum Gasteiger partial charge on any atom is 0.417 e. The Bertz CT molecular complexity index is 846. The van der Waals surface area contributed by atoms with Crippen LogP contribution in [0, 0.1) is 5.82 Å². The van der Waals surface area contributed by atoms with E-state index in [1.807, 2.05) is 0 Å². The molecule has 9 heteroatoms. The average Bonchev–Trinajstić information content (AvgIpc) is 2.96. The maximum absolute atomic E-state index is 13.0. The molecular weight excluding hydrogens is 338 g/mol. The predicted octanol–water partition coefficient (Wildman–Crippen LogP) is 4.61. The molecule has 3 rings (SSSR count). The van der Waals surface area contributed by atoms with Gasteiger partial charge in [-0.3, -0.25) is 4.98 Å². The highest BCUT2D eigenvalue weighted by atomic mass is 35.5. The molecule has 1 aromatic carbocycles. The molecule has 0 aliphatic heterocycles. The largest absolute Gasteiger partial charge is 0.417 e. The van der Waals surface area contributed by atoms with Gasteiger partial charge >= 0.3 is 6.18 Å². The summed E-state index contributed by atoms with van der Waals surface area (Å²) in [4.78, 5) is 7.67. The van der Waals surface area contributed by atoms with Crippen LogP contribution in [0.5, 0.6) is 0 Å². The predicted molar refractivity (Wildman–Crippen MR) is 72.9 cm³/mol. The van der Waals surface area contributed by atoms with Gasteiger partial charge in [0.2, 0.25) is 5.82 Å². The standard InChI is InChI=1S/C14H6ClF4N3O/c15-10-5-8(16)2-3-9(10)13-21-12(22-23-13)11-4-1-7(6-20-11)14(17,18)19/h1-6H. The molecule has 0 saturated carbocycles. The van der Waals surface area contributed by atoms with Crippen molar-refractivity contribution in [3.8, 4) is 23.0 Å². The maximum atomic E-state index is 13.0. The first-order valence-corrected chi connectivity index (χ1v) is 6.55. The molecule has 0 aliphatic carbocycles. The van der Waals surface area contributed by atoms with Crippen LogP contribution in [0.1, 0.15) is 5.56 Å². The number of hydrogen-bond acceptors (Lipinski definition) is 4. The number of pyridine rings is 1. The zero-order chi connectivity index (χ0) is 16.6. The third kappa shape index (κ3) is 3.16. The van der Waals surface area contributed by atoms with Gasteiger partial charge in [0.15, 0.2) is 0 Å². The van der Waals surface area contributed by atoms with Gasteiger partial charge in [-0.15, -0.1) is 0 Å². The zero-order valence-electron chi connectivity index (χ0n) is 11.1. The molecule has 3 aromatic rings. The van der Waals surface area contributed by atoms with E-state index in [4.69, 9.17) is 16.1 Å². The van der Waals surface area contributed by atoms with Gasteiger partial charge in [0.25, 0.3) is 5.89 Å². The van der Waals surface area contributed by atoms with Crippen molar-refractivity contribution in [2.24, 2.45) is 0 Å². The average molecular weight is 344 g/mol. The molecule has 0 atom stereocenters. The molecule has 0 bridgehead atoms. The quantitative estimate of drug-likeness (QED) is 0.638. The summed E-state index contributed by atoms with van der Waals surface area (Å²) < 4.78 is 55.5. The van der Waals surface area contributed by atoms with Gasteiger partial charge in [-0.1, -0.05) is 16.8 Å². The highest BCUT2D eigenvalue weighted by Crippen LogP contribution is 2.31. The van der Waals surface area contributed by atoms with Crippen LogP contribution >= 0.6 is 11.6 Å². The number of rotatable bonds is 2. The van der Waals surface area contributed by atoms with Crippen LogP contribution in [0.15, 0.2) is 41.1 Å². The van der Waals surface area contributed by atoms with Crippen LogP contribution in [-0.2, 0) is 6.18 Å². The summed E-state index contributed by atoms with van der Waals surface area (Å²) in [6.07, 6.45) is -3.80. The topological polar surface area (TPSA) is 51.8 Å². The fourth-order valence-corrected chi connectivity index (χ4v) is 2.04. The lowest BCUT2D eigenvalue weighted by molar-refractivity contribution is -0.137. The van der Waals surface area contributed by atoms with E-state index in [-0.39, 0.29) is 22.4 Å². The summed E-state index contributed by atoms with van der Waals surface area (Å²) in [6.45, 7) is 0. The van der Waals surface area contributed by atoms with Crippen LogP contribution in [0.2, 0.25) is 5.02 Å². The minimum atomic E-state index is -4.48. The lowest BCUT2D eigenvalue weighted by Crippen LogP contribution is -2.05. The number of hydrogen-bond donors (Lipinski definition) is 0. The molecule has 4 nitrogen and oxygen atoms in total. The van der Waals surface area contributed by atoms with E-state index < -0.39 is 17.6 Å². The zero-order valence-corrected chi connectivity index (χ0v) is 11.9. The molecule has 0 N–H and O–H groups in total. The summed E-state index contributed by atoms with van der Waals surface area (Å²) >= 11 is 5.88. The molecule has 23 heavy (non-hydrogen) atoms. The summed E-state index contributed by atoms with van der Waals surface area (Å²) in [5.74, 6) is -0.524. The molecule has 0 amide bonds. The van der Waals surface area contributed by atoms with Gasteiger partial charge in [0.05, 0.1) is 16.1 Å². The van der Waals surface area contributed by atoms with E-state index >= 15 is 0 Å². The van der Waals surface area contributed by atoms with Crippen LogP contribution in [-0.4, -0.2) is 15.1 Å². The molecule has 0 unspecified atom stereocenters. The van der Waals surface area contributed by atoms with Gasteiger partial charge in [0, 0.05) is 6.20 Å². The molecule has 118 valence electrons. The van der Waals surface area contributed by atoms with Gasteiger partial charge in [-0.05, 0) is 30.3 Å². The Kier molecular flexibility index (Phi) is 3.77. The molecule has 0 radical (unpaired) electrons. The first-order valence-electron chi connectivity index (χ1n) is 6.17. The van der Waals surface area contributed by atoms with E-state index in [1.165, 1.54) is 12.1 Å². The highest BCUT2D eigenvalue weighted by molar-refractivity contribution is 6.33. The number of nitrogens with zero attached hydrogens (tertiary/aromatic N) is 3. The SMILES string of the molecule is Fc1ccc(-c2nc(-c3ccc(C(F)(F)F)cn3)no2)c(Cl)c1. The number of alkyl halides is 3. The molecular formula is C14H6ClF4N3O. The second-order valence-electron chi connectivity index (χ2n) is 4.48. The van der Waals surface area contributed by atoms with E-state index in [9.17, 15) is 17.6 Å². The van der Waals surface area contributed by atoms with E-state index in [1.54, 1.807) is 0 Å². The van der Waals surface area contributed by atoms with Crippen molar-refractivity contribution in [2.45, 2.75) is 6.18 Å². The Morgan fingerprint density at radius 1 is 1.09 bits per heavy atom. The summed E-state index contributed by atoms with van der Waals surface area (Å²) in [7, 11) is 0. The summed E-state index contributed by atoms with van der Waals surface area (Å²) in [6, 6.07) is 5.60. The Balaban J connectivity index is 1.93. The van der Waals surface area contributed by atoms with Crippen molar-refractivity contribution >= 4 is 11.6 Å². The van der Waals surface area contributed by atoms with Crippen molar-refractivity contribution in [3.05, 3.63) is 52.9 Å². The van der Waals surface area contributed by atoms with Crippen LogP contribution in [0.4, 0.5) is 17.6 Å². The molecule has 0 fully saturated rings. The van der Waals surface area contributed by atoms with Crippen molar-refractivity contribution in [1.29, 1.82) is 0 Å². The third-order valence-corrected chi connectivity index (χ3v) is 3.22. The fraction of sp³-hybridized carbons (Fsp3) is 0.0714. The van der Waals surface area contributed by atoms with Crippen LogP contribution in [0.3, 0.4) is 0 Å². The Hall–Kier alpha value is -2.48. The summed E-state index contributed by atoms with van der Waals surface area (Å²) in [5.41, 5.74) is -0.475. The van der Waals surface area contributed by atoms with Gasteiger partial charge in [0.1, 0.15) is 11.5 Å². The Labute approximate surface area is 131 Å². The van der Waals surface area contributed by atoms with Crippen molar-refractivity contribution < 1.29 is 22.1 Å². The monoisotopic (exact) mass is 343 g/mol. The number of aromatic nitrogens is 3. The smallest absolute Gasteiger partial charge is 0.334 e. The van der Waals surface area contributed by atoms with Crippen molar-refractivity contribution in [2.75, 3.05) is 0 Å². The molecule has 0 aliphatic rings. The second kappa shape index (κ2) is 5.62. The fourth-order valence-electron chi connectivity index (χ4n) is 1.79. The van der Waals surface area contributed by atoms with E-state index in [0.717, 1.165) is 18.2 Å². The molecule has 0 spiro atoms. The Morgan fingerprint density at radius 2 is 1.87 bits per heavy atom. The lowest BCUT2D eigenvalue weighted by atomic mass is 10.2. The summed E-state index contributed by atoms with van der Waals surface area (Å²) in [5, 5.41) is 3.71. The van der Waals surface area contributed by atoms with Gasteiger partial charge in [-0.2, -0.15) is 18.2 Å². The number of halogens is 5. The van der Waals surface area contributed by atoms with Gasteiger partial charge in [-0.25, -0.2) is 4.39 Å². The highest BCUT2D eigenvalue weighted by Gasteiger charge is 2.30. The van der Waals surface area contributed by atoms with Crippen molar-refractivity contribution in [1.82, 2.24) is 15.1 Å². The normalized spacial score (nSPS) is 11.7. The Morgan fingerprint density at radius 3 is 2.48 bits per heavy atom. The minimum absolute atomic E-state index is 0.00545. The third-order valence-electron chi connectivity index (χ3n) is 2.91. The van der Waals surface area contributed by atoms with E-state index in [2.05, 4.69) is 15.1 Å². The van der Waals surface area contributed by atoms with Gasteiger partial charge < -0.3 is 4.52 Å². The van der Waals surface area contributed by atoms with Crippen LogP contribution in [0.25, 0.3) is 23.0 Å². The molecule has 0 saturated heterocycles. The first-order chi connectivity index (χ1) is 10.8. The lowest BCUT2D eigenvalue weighted by Gasteiger charge is -2.05. The van der Waals surface area contributed by atoms with Crippen LogP contribution < -0.4 is 0 Å². The van der Waals surface area contributed by atoms with Crippen molar-refractivity contribution in [3.63, 3.8) is 0 Å². The molecule has 2 heterocycles. The second-order valence-corrected chi connectivity index (χ2v) is 4.88. The van der Waals surface area contributed by atoms with E-state index in [0.29, 0.717) is 11.8 Å². The molecule has 2 aromatic heterocycles.